The SMILES string of the molecule is Nc1cccc(S(=O)(=O)c2cccc(N)c2C(=O)O)c1C(=O)O. The number of hydrogen-bond donors (Lipinski definition) is 4. The fourth-order valence-electron chi connectivity index (χ4n) is 2.12. The van der Waals surface area contributed by atoms with Crippen LogP contribution < -0.4 is 11.5 Å². The Bertz CT molecular complexity index is 851. The Kier molecular flexibility index (Phi) is 3.98. The van der Waals surface area contributed by atoms with Crippen LogP contribution >= 0.6 is 0 Å². The molecule has 0 fully saturated rings. The van der Waals surface area contributed by atoms with E-state index in [1.54, 1.807) is 0 Å². The molecule has 120 valence electrons. The fraction of sp³-hybridized carbons (Fsp3) is 0. The predicted octanol–water partition coefficient (Wildman–Crippen LogP) is 1.08. The van der Waals surface area contributed by atoms with Crippen LogP contribution in [0.25, 0.3) is 0 Å². The van der Waals surface area contributed by atoms with Gasteiger partial charge in [-0.3, -0.25) is 0 Å². The number of anilines is 2. The molecule has 9 heteroatoms. The first-order chi connectivity index (χ1) is 10.7. The standard InChI is InChI=1S/C14H12N2O6S/c15-7-3-1-5-9(11(7)13(17)18)23(21,22)10-6-2-4-8(16)12(10)14(19)20/h1-6H,15-16H2,(H,17,18)(H,19,20). The van der Waals surface area contributed by atoms with E-state index in [1.807, 2.05) is 0 Å². The molecule has 0 aliphatic heterocycles. The van der Waals surface area contributed by atoms with Crippen molar-refractivity contribution in [3.63, 3.8) is 0 Å². The maximum atomic E-state index is 12.8. The number of aromatic carboxylic acids is 2. The van der Waals surface area contributed by atoms with Gasteiger partial charge in [0.2, 0.25) is 9.84 Å². The second kappa shape index (κ2) is 5.61. The van der Waals surface area contributed by atoms with E-state index in [9.17, 15) is 28.2 Å². The second-order valence-corrected chi connectivity index (χ2v) is 6.44. The van der Waals surface area contributed by atoms with Crippen LogP contribution in [0.5, 0.6) is 0 Å². The third kappa shape index (κ3) is 2.69. The summed E-state index contributed by atoms with van der Waals surface area (Å²) in [5.74, 6) is -3.08. The van der Waals surface area contributed by atoms with Gasteiger partial charge in [-0.15, -0.1) is 0 Å². The molecule has 6 N–H and O–H groups in total. The predicted molar refractivity (Wildman–Crippen MR) is 81.1 cm³/mol. The van der Waals surface area contributed by atoms with E-state index in [4.69, 9.17) is 11.5 Å². The van der Waals surface area contributed by atoms with Crippen molar-refractivity contribution in [3.8, 4) is 0 Å². The first kappa shape index (κ1) is 16.3. The van der Waals surface area contributed by atoms with Crippen LogP contribution in [0, 0.1) is 0 Å². The van der Waals surface area contributed by atoms with Crippen molar-refractivity contribution in [2.45, 2.75) is 9.79 Å². The molecular weight excluding hydrogens is 324 g/mol. The lowest BCUT2D eigenvalue weighted by molar-refractivity contribution is 0.0684. The van der Waals surface area contributed by atoms with E-state index in [-0.39, 0.29) is 11.4 Å². The lowest BCUT2D eigenvalue weighted by atomic mass is 10.2. The zero-order valence-electron chi connectivity index (χ0n) is 11.6. The minimum Gasteiger partial charge on any atom is -0.478 e. The third-order valence-corrected chi connectivity index (χ3v) is 4.96. The Labute approximate surface area is 130 Å². The lowest BCUT2D eigenvalue weighted by Crippen LogP contribution is -2.16. The Morgan fingerprint density at radius 2 is 1.13 bits per heavy atom. The number of sulfone groups is 1. The Morgan fingerprint density at radius 1 is 0.783 bits per heavy atom. The molecule has 2 rings (SSSR count). The Balaban J connectivity index is 2.86. The zero-order chi connectivity index (χ0) is 17.4. The molecule has 0 aliphatic carbocycles. The van der Waals surface area contributed by atoms with E-state index in [0.29, 0.717) is 0 Å². The molecule has 0 atom stereocenters. The number of nitrogen functional groups attached to an aromatic ring is 2. The van der Waals surface area contributed by atoms with Crippen LogP contribution in [0.2, 0.25) is 0 Å². The number of carboxylic acids is 2. The molecule has 0 aliphatic rings. The summed E-state index contributed by atoms with van der Waals surface area (Å²) in [7, 11) is -4.46. The van der Waals surface area contributed by atoms with E-state index in [0.717, 1.165) is 12.1 Å². The molecule has 0 saturated carbocycles. The van der Waals surface area contributed by atoms with Crippen molar-refractivity contribution >= 4 is 33.2 Å². The highest BCUT2D eigenvalue weighted by Gasteiger charge is 2.30. The third-order valence-electron chi connectivity index (χ3n) is 3.12. The number of carboxylic acid groups (broad SMARTS) is 2. The molecule has 8 nitrogen and oxygen atoms in total. The monoisotopic (exact) mass is 336 g/mol. The zero-order valence-corrected chi connectivity index (χ0v) is 12.4. The molecule has 0 aromatic heterocycles. The Hall–Kier alpha value is -3.07. The van der Waals surface area contributed by atoms with Crippen molar-refractivity contribution in [1.29, 1.82) is 0 Å². The molecule has 0 spiro atoms. The normalized spacial score (nSPS) is 11.1. The van der Waals surface area contributed by atoms with Gasteiger partial charge in [0.05, 0.1) is 9.79 Å². The van der Waals surface area contributed by atoms with Crippen molar-refractivity contribution < 1.29 is 28.2 Å². The van der Waals surface area contributed by atoms with Gasteiger partial charge in [-0.05, 0) is 24.3 Å². The molecule has 0 unspecified atom stereocenters. The average Bonchev–Trinajstić information content (AvgIpc) is 2.45. The number of rotatable bonds is 4. The summed E-state index contributed by atoms with van der Waals surface area (Å²) in [5.41, 5.74) is 9.34. The highest BCUT2D eigenvalue weighted by Crippen LogP contribution is 2.31. The molecule has 23 heavy (non-hydrogen) atoms. The van der Waals surface area contributed by atoms with Crippen LogP contribution in [-0.4, -0.2) is 30.6 Å². The van der Waals surface area contributed by atoms with Crippen LogP contribution in [0.3, 0.4) is 0 Å². The molecule has 0 bridgehead atoms. The summed E-state index contributed by atoms with van der Waals surface area (Å²) in [6.45, 7) is 0. The largest absolute Gasteiger partial charge is 0.478 e. The van der Waals surface area contributed by atoms with E-state index in [2.05, 4.69) is 0 Å². The summed E-state index contributed by atoms with van der Waals surface area (Å²) in [6, 6.07) is 7.09. The summed E-state index contributed by atoms with van der Waals surface area (Å²) >= 11 is 0. The number of nitrogens with two attached hydrogens (primary N) is 2. The fourth-order valence-corrected chi connectivity index (χ4v) is 3.82. The highest BCUT2D eigenvalue weighted by molar-refractivity contribution is 7.91. The van der Waals surface area contributed by atoms with E-state index >= 15 is 0 Å². The smallest absolute Gasteiger partial charge is 0.339 e. The second-order valence-electron chi connectivity index (χ2n) is 4.55. The van der Waals surface area contributed by atoms with Gasteiger partial charge in [0.1, 0.15) is 11.1 Å². The maximum Gasteiger partial charge on any atom is 0.339 e. The van der Waals surface area contributed by atoms with E-state index in [1.165, 1.54) is 24.3 Å². The Morgan fingerprint density at radius 3 is 1.43 bits per heavy atom. The van der Waals surface area contributed by atoms with Gasteiger partial charge < -0.3 is 21.7 Å². The average molecular weight is 336 g/mol. The first-order valence-electron chi connectivity index (χ1n) is 6.16. The van der Waals surface area contributed by atoms with Crippen molar-refractivity contribution in [1.82, 2.24) is 0 Å². The van der Waals surface area contributed by atoms with Gasteiger partial charge in [0, 0.05) is 11.4 Å². The topological polar surface area (TPSA) is 161 Å². The molecule has 0 heterocycles. The van der Waals surface area contributed by atoms with Crippen molar-refractivity contribution in [2.75, 3.05) is 11.5 Å². The van der Waals surface area contributed by atoms with Crippen molar-refractivity contribution in [3.05, 3.63) is 47.5 Å². The van der Waals surface area contributed by atoms with Crippen LogP contribution in [0.15, 0.2) is 46.2 Å². The van der Waals surface area contributed by atoms with Gasteiger partial charge in [-0.1, -0.05) is 12.1 Å². The van der Waals surface area contributed by atoms with Gasteiger partial charge in [-0.25, -0.2) is 18.0 Å². The quantitative estimate of drug-likeness (QED) is 0.603. The number of benzene rings is 2. The lowest BCUT2D eigenvalue weighted by Gasteiger charge is -2.13. The molecule has 0 radical (unpaired) electrons. The molecule has 2 aromatic carbocycles. The van der Waals surface area contributed by atoms with Gasteiger partial charge in [0.15, 0.2) is 0 Å². The molecule has 2 aromatic rings. The first-order valence-corrected chi connectivity index (χ1v) is 7.65. The highest BCUT2D eigenvalue weighted by atomic mass is 32.2. The van der Waals surface area contributed by atoms with Crippen LogP contribution in [0.4, 0.5) is 11.4 Å². The number of carbonyl (C=O) groups is 2. The molecule has 0 amide bonds. The van der Waals surface area contributed by atoms with Crippen molar-refractivity contribution in [2.24, 2.45) is 0 Å². The van der Waals surface area contributed by atoms with Crippen LogP contribution in [0.1, 0.15) is 20.7 Å². The van der Waals surface area contributed by atoms with Gasteiger partial charge >= 0.3 is 11.9 Å². The maximum absolute atomic E-state index is 12.8. The van der Waals surface area contributed by atoms with Crippen LogP contribution in [-0.2, 0) is 9.84 Å². The minimum absolute atomic E-state index is 0.251. The van der Waals surface area contributed by atoms with Gasteiger partial charge in [-0.2, -0.15) is 0 Å². The molecule has 0 saturated heterocycles. The van der Waals surface area contributed by atoms with E-state index < -0.39 is 42.7 Å². The summed E-state index contributed by atoms with van der Waals surface area (Å²) in [4.78, 5) is 21.4. The number of hydrogen-bond acceptors (Lipinski definition) is 6. The minimum atomic E-state index is -4.46. The summed E-state index contributed by atoms with van der Waals surface area (Å²) < 4.78 is 25.5. The summed E-state index contributed by atoms with van der Waals surface area (Å²) in [5, 5.41) is 18.4. The molecular formula is C14H12N2O6S. The summed E-state index contributed by atoms with van der Waals surface area (Å²) in [6.07, 6.45) is 0. The van der Waals surface area contributed by atoms with Gasteiger partial charge in [0.25, 0.3) is 0 Å².